The van der Waals surface area contributed by atoms with E-state index in [-0.39, 0.29) is 10.8 Å². The Labute approximate surface area is 148 Å². The molecule has 0 atom stereocenters. The lowest BCUT2D eigenvalue weighted by molar-refractivity contribution is 0.287. The Kier molecular flexibility index (Phi) is 4.33. The van der Waals surface area contributed by atoms with Gasteiger partial charge in [0.25, 0.3) is 0 Å². The molecule has 3 rings (SSSR count). The minimum absolute atomic E-state index is 0.0554. The lowest BCUT2D eigenvalue weighted by Crippen LogP contribution is -2.37. The fraction of sp³-hybridized carbons (Fsp3) is 0.273. The molecule has 0 nitrogen and oxygen atoms in total. The Hall–Kier alpha value is -1.60. The summed E-state index contributed by atoms with van der Waals surface area (Å²) in [6.45, 7) is 6.94. The van der Waals surface area contributed by atoms with Crippen molar-refractivity contribution >= 4 is 15.9 Å². The van der Waals surface area contributed by atoms with Crippen LogP contribution in [0.1, 0.15) is 37.8 Å². The normalized spacial score (nSPS) is 23.9. The van der Waals surface area contributed by atoms with Crippen LogP contribution in [0.2, 0.25) is 0 Å². The summed E-state index contributed by atoms with van der Waals surface area (Å²) in [5.74, 6) is 0.349. The first-order chi connectivity index (χ1) is 10.9. The third-order valence-corrected chi connectivity index (χ3v) is 5.41. The smallest absolute Gasteiger partial charge is 0.0361 e. The summed E-state index contributed by atoms with van der Waals surface area (Å²) in [4.78, 5) is 0. The maximum Gasteiger partial charge on any atom is 0.0361 e. The van der Waals surface area contributed by atoms with E-state index in [9.17, 15) is 0 Å². The molecule has 2 aromatic carbocycles. The van der Waals surface area contributed by atoms with Gasteiger partial charge in [-0.05, 0) is 28.7 Å². The van der Waals surface area contributed by atoms with Crippen LogP contribution in [0.25, 0.3) is 0 Å². The second-order valence-electron chi connectivity index (χ2n) is 7.28. The largest absolute Gasteiger partial charge is 0.0760 e. The molecule has 0 radical (unpaired) electrons. The van der Waals surface area contributed by atoms with Crippen molar-refractivity contribution < 1.29 is 0 Å². The molecule has 0 bridgehead atoms. The third kappa shape index (κ3) is 3.07. The summed E-state index contributed by atoms with van der Waals surface area (Å²) in [5, 5.41) is 0. The van der Waals surface area contributed by atoms with Gasteiger partial charge < -0.3 is 0 Å². The maximum absolute atomic E-state index is 3.51. The maximum atomic E-state index is 3.51. The summed E-state index contributed by atoms with van der Waals surface area (Å²) in [7, 11) is 0. The molecular formula is C22H23Br. The molecule has 1 heteroatoms. The predicted octanol–water partition coefficient (Wildman–Crippen LogP) is 6.64. The number of halogens is 1. The molecule has 23 heavy (non-hydrogen) atoms. The molecule has 0 spiro atoms. The van der Waals surface area contributed by atoms with E-state index in [1.807, 2.05) is 0 Å². The predicted molar refractivity (Wildman–Crippen MR) is 103 cm³/mol. The summed E-state index contributed by atoms with van der Waals surface area (Å²) < 4.78 is 1.12. The highest BCUT2D eigenvalue weighted by Gasteiger charge is 2.40. The second-order valence-corrected chi connectivity index (χ2v) is 8.20. The fourth-order valence-corrected chi connectivity index (χ4v) is 3.64. The van der Waals surface area contributed by atoms with E-state index in [1.165, 1.54) is 11.1 Å². The molecule has 0 N–H and O–H groups in total. The van der Waals surface area contributed by atoms with Gasteiger partial charge in [-0.15, -0.1) is 0 Å². The van der Waals surface area contributed by atoms with E-state index in [2.05, 4.69) is 116 Å². The molecule has 0 amide bonds. The highest BCUT2D eigenvalue weighted by atomic mass is 79.9. The first-order valence-electron chi connectivity index (χ1n) is 8.12. The average molecular weight is 367 g/mol. The molecule has 1 aliphatic carbocycles. The Morgan fingerprint density at radius 3 is 1.91 bits per heavy atom. The van der Waals surface area contributed by atoms with Gasteiger partial charge >= 0.3 is 0 Å². The van der Waals surface area contributed by atoms with E-state index in [1.54, 1.807) is 0 Å². The molecule has 118 valence electrons. The highest BCUT2D eigenvalue weighted by molar-refractivity contribution is 9.10. The van der Waals surface area contributed by atoms with Gasteiger partial charge in [-0.1, -0.05) is 103 Å². The summed E-state index contributed by atoms with van der Waals surface area (Å²) in [5.41, 5.74) is 2.75. The van der Waals surface area contributed by atoms with Crippen molar-refractivity contribution in [2.75, 3.05) is 0 Å². The van der Waals surface area contributed by atoms with E-state index in [4.69, 9.17) is 0 Å². The molecule has 1 aliphatic rings. The first kappa shape index (κ1) is 16.3. The number of benzene rings is 2. The standard InChI is InChI=1S/C22H23Br/c1-21(2,3)22(19-7-5-4-6-8-19)15-13-18(14-16-22)17-9-11-20(23)12-10-17/h4-16,18H,1-3H3. The van der Waals surface area contributed by atoms with Crippen molar-refractivity contribution in [3.05, 3.63) is 94.5 Å². The fourth-order valence-electron chi connectivity index (χ4n) is 3.38. The molecular weight excluding hydrogens is 344 g/mol. The van der Waals surface area contributed by atoms with Crippen LogP contribution in [0, 0.1) is 5.41 Å². The van der Waals surface area contributed by atoms with E-state index in [0.717, 1.165) is 4.47 Å². The Bertz CT molecular complexity index is 701. The van der Waals surface area contributed by atoms with Gasteiger partial charge in [-0.25, -0.2) is 0 Å². The van der Waals surface area contributed by atoms with Crippen molar-refractivity contribution in [2.45, 2.75) is 32.1 Å². The van der Waals surface area contributed by atoms with Gasteiger partial charge in [-0.2, -0.15) is 0 Å². The van der Waals surface area contributed by atoms with Gasteiger partial charge in [0.05, 0.1) is 0 Å². The van der Waals surface area contributed by atoms with Crippen LogP contribution in [0.15, 0.2) is 83.4 Å². The lowest BCUT2D eigenvalue weighted by atomic mass is 9.60. The van der Waals surface area contributed by atoms with Crippen molar-refractivity contribution in [1.29, 1.82) is 0 Å². The molecule has 0 unspecified atom stereocenters. The zero-order valence-corrected chi connectivity index (χ0v) is 15.5. The Balaban J connectivity index is 1.99. The first-order valence-corrected chi connectivity index (χ1v) is 8.91. The average Bonchev–Trinajstić information content (AvgIpc) is 2.55. The van der Waals surface area contributed by atoms with E-state index < -0.39 is 0 Å². The quantitative estimate of drug-likeness (QED) is 0.522. The van der Waals surface area contributed by atoms with Crippen molar-refractivity contribution in [2.24, 2.45) is 5.41 Å². The van der Waals surface area contributed by atoms with E-state index >= 15 is 0 Å². The Morgan fingerprint density at radius 1 is 0.826 bits per heavy atom. The minimum atomic E-state index is -0.0554. The van der Waals surface area contributed by atoms with Gasteiger partial charge in [-0.3, -0.25) is 0 Å². The molecule has 0 aliphatic heterocycles. The van der Waals surface area contributed by atoms with Crippen LogP contribution < -0.4 is 0 Å². The highest BCUT2D eigenvalue weighted by Crippen LogP contribution is 2.47. The second kappa shape index (κ2) is 6.13. The monoisotopic (exact) mass is 366 g/mol. The number of allylic oxidation sites excluding steroid dienone is 4. The molecule has 0 fully saturated rings. The lowest BCUT2D eigenvalue weighted by Gasteiger charge is -2.43. The summed E-state index contributed by atoms with van der Waals surface area (Å²) >= 11 is 3.51. The van der Waals surface area contributed by atoms with Crippen molar-refractivity contribution in [3.63, 3.8) is 0 Å². The third-order valence-electron chi connectivity index (χ3n) is 4.88. The SMILES string of the molecule is CC(C)(C)C1(c2ccccc2)C=CC(c2ccc(Br)cc2)C=C1. The van der Waals surface area contributed by atoms with E-state index in [0.29, 0.717) is 5.92 Å². The van der Waals surface area contributed by atoms with Crippen molar-refractivity contribution in [1.82, 2.24) is 0 Å². The van der Waals surface area contributed by atoms with Crippen LogP contribution in [-0.2, 0) is 5.41 Å². The molecule has 0 saturated heterocycles. The number of hydrogen-bond donors (Lipinski definition) is 0. The number of rotatable bonds is 2. The summed E-state index contributed by atoms with van der Waals surface area (Å²) in [6, 6.07) is 19.4. The molecule has 0 aromatic heterocycles. The van der Waals surface area contributed by atoms with Crippen LogP contribution in [0.5, 0.6) is 0 Å². The van der Waals surface area contributed by atoms with Gasteiger partial charge in [0.2, 0.25) is 0 Å². The van der Waals surface area contributed by atoms with Crippen LogP contribution in [0.4, 0.5) is 0 Å². The number of hydrogen-bond acceptors (Lipinski definition) is 0. The molecule has 0 heterocycles. The summed E-state index contributed by atoms with van der Waals surface area (Å²) in [6.07, 6.45) is 9.49. The van der Waals surface area contributed by atoms with Crippen LogP contribution in [-0.4, -0.2) is 0 Å². The molecule has 0 saturated carbocycles. The van der Waals surface area contributed by atoms with Crippen LogP contribution >= 0.6 is 15.9 Å². The zero-order chi connectivity index (χ0) is 16.5. The van der Waals surface area contributed by atoms with Gasteiger partial charge in [0.15, 0.2) is 0 Å². The van der Waals surface area contributed by atoms with Gasteiger partial charge in [0.1, 0.15) is 0 Å². The zero-order valence-electron chi connectivity index (χ0n) is 14.0. The minimum Gasteiger partial charge on any atom is -0.0760 e. The van der Waals surface area contributed by atoms with Gasteiger partial charge in [0, 0.05) is 15.8 Å². The van der Waals surface area contributed by atoms with Crippen LogP contribution in [0.3, 0.4) is 0 Å². The Morgan fingerprint density at radius 2 is 1.39 bits per heavy atom. The topological polar surface area (TPSA) is 0 Å². The van der Waals surface area contributed by atoms with Crippen molar-refractivity contribution in [3.8, 4) is 0 Å². The molecule has 2 aromatic rings.